The van der Waals surface area contributed by atoms with Gasteiger partial charge in [0.05, 0.1) is 33.0 Å². The van der Waals surface area contributed by atoms with Crippen LogP contribution in [-0.2, 0) is 14.3 Å². The maximum absolute atomic E-state index is 13.0. The molecule has 0 radical (unpaired) electrons. The number of esters is 1. The minimum atomic E-state index is -0.919. The first-order chi connectivity index (χ1) is 17.9. The Kier molecular flexibility index (Phi) is 10.3. The first-order valence-electron chi connectivity index (χ1n) is 12.7. The molecule has 3 rings (SSSR count). The van der Waals surface area contributed by atoms with E-state index >= 15 is 0 Å². The van der Waals surface area contributed by atoms with Crippen molar-refractivity contribution in [2.24, 2.45) is 5.92 Å². The molecule has 0 spiro atoms. The smallest absolute Gasteiger partial charge is 0.330 e. The summed E-state index contributed by atoms with van der Waals surface area (Å²) in [6, 6.07) is 15.9. The van der Waals surface area contributed by atoms with Crippen molar-refractivity contribution in [3.8, 4) is 11.5 Å². The summed E-state index contributed by atoms with van der Waals surface area (Å²) in [5, 5.41) is 10.4. The Morgan fingerprint density at radius 3 is 2.08 bits per heavy atom. The molecule has 1 saturated heterocycles. The molecule has 7 heteroatoms. The average Bonchev–Trinajstić information content (AvgIpc) is 3.35. The topological polar surface area (TPSA) is 85.3 Å². The molecule has 1 aliphatic rings. The van der Waals surface area contributed by atoms with E-state index in [9.17, 15) is 14.7 Å². The van der Waals surface area contributed by atoms with Crippen molar-refractivity contribution >= 4 is 11.8 Å². The van der Waals surface area contributed by atoms with Gasteiger partial charge in [0.2, 0.25) is 0 Å². The number of rotatable bonds is 12. The van der Waals surface area contributed by atoms with Crippen LogP contribution in [0.2, 0.25) is 0 Å². The van der Waals surface area contributed by atoms with Crippen molar-refractivity contribution in [2.45, 2.75) is 45.3 Å². The number of carbonyl (C=O) groups excluding carboxylic acids is 2. The Morgan fingerprint density at radius 1 is 1.00 bits per heavy atom. The summed E-state index contributed by atoms with van der Waals surface area (Å²) in [7, 11) is 3.29. The molecule has 37 heavy (non-hydrogen) atoms. The highest BCUT2D eigenvalue weighted by Gasteiger charge is 2.29. The predicted octanol–water partition coefficient (Wildman–Crippen LogP) is 4.85. The second-order valence-corrected chi connectivity index (χ2v) is 9.13. The van der Waals surface area contributed by atoms with E-state index in [1.807, 2.05) is 24.3 Å². The molecular formula is C30H37NO6. The molecule has 0 amide bonds. The largest absolute Gasteiger partial charge is 0.497 e. The molecule has 1 fully saturated rings. The Balaban J connectivity index is 1.81. The first kappa shape index (κ1) is 28.0. The van der Waals surface area contributed by atoms with Crippen LogP contribution in [0.15, 0.2) is 72.5 Å². The fourth-order valence-corrected chi connectivity index (χ4v) is 4.53. The molecular weight excluding hydrogens is 470 g/mol. The minimum absolute atomic E-state index is 0.0544. The van der Waals surface area contributed by atoms with Crippen LogP contribution in [0, 0.1) is 5.92 Å². The lowest BCUT2D eigenvalue weighted by Crippen LogP contribution is -2.26. The van der Waals surface area contributed by atoms with E-state index in [1.165, 1.54) is 12.2 Å². The third-order valence-corrected chi connectivity index (χ3v) is 6.53. The van der Waals surface area contributed by atoms with Crippen LogP contribution >= 0.6 is 0 Å². The normalized spacial score (nSPS) is 16.3. The number of likely N-dealkylation sites (tertiary alicyclic amines) is 1. The molecule has 0 unspecified atom stereocenters. The third-order valence-electron chi connectivity index (χ3n) is 6.53. The van der Waals surface area contributed by atoms with Crippen molar-refractivity contribution in [3.63, 3.8) is 0 Å². The summed E-state index contributed by atoms with van der Waals surface area (Å²) >= 11 is 0. The zero-order chi connectivity index (χ0) is 26.8. The van der Waals surface area contributed by atoms with Crippen LogP contribution in [-0.4, -0.2) is 55.2 Å². The Hall–Kier alpha value is -3.58. The van der Waals surface area contributed by atoms with Gasteiger partial charge in [0, 0.05) is 30.8 Å². The van der Waals surface area contributed by atoms with Gasteiger partial charge in [-0.05, 0) is 67.2 Å². The third kappa shape index (κ3) is 7.70. The van der Waals surface area contributed by atoms with E-state index < -0.39 is 12.1 Å². The number of benzene rings is 2. The maximum Gasteiger partial charge on any atom is 0.330 e. The highest BCUT2D eigenvalue weighted by molar-refractivity contribution is 5.90. The van der Waals surface area contributed by atoms with E-state index in [0.717, 1.165) is 47.7 Å². The number of hydrogen-bond acceptors (Lipinski definition) is 7. The number of ether oxygens (including phenoxy) is 3. The molecule has 7 nitrogen and oxygen atoms in total. The molecule has 2 aromatic rings. The fraction of sp³-hybridized carbons (Fsp3) is 0.400. The standard InChI is InChI=1S/C30H37NO6/c1-5-37-29(34)17-16-28(33)21(2)19-25(32)20-24-7-6-18-31(24)30(22-8-12-26(35-3)13-9-22)23-10-14-27(36-4)15-11-23/h8-17,20-21,28,30,33H,5-7,18-19H2,1-4H3/b17-16+,24-20+/t21-,28+/m0/s1. The summed E-state index contributed by atoms with van der Waals surface area (Å²) in [6.45, 7) is 4.60. The molecule has 0 saturated carbocycles. The molecule has 1 N–H and O–H groups in total. The van der Waals surface area contributed by atoms with Crippen LogP contribution in [0.4, 0.5) is 0 Å². The molecule has 2 aromatic carbocycles. The van der Waals surface area contributed by atoms with Gasteiger partial charge in [-0.3, -0.25) is 4.79 Å². The average molecular weight is 508 g/mol. The number of carbonyl (C=O) groups is 2. The van der Waals surface area contributed by atoms with Gasteiger partial charge in [-0.15, -0.1) is 0 Å². The zero-order valence-electron chi connectivity index (χ0n) is 22.1. The zero-order valence-corrected chi connectivity index (χ0v) is 22.1. The molecule has 198 valence electrons. The first-order valence-corrected chi connectivity index (χ1v) is 12.7. The fourth-order valence-electron chi connectivity index (χ4n) is 4.53. The second kappa shape index (κ2) is 13.7. The van der Waals surface area contributed by atoms with Crippen molar-refractivity contribution in [2.75, 3.05) is 27.4 Å². The van der Waals surface area contributed by atoms with Crippen LogP contribution in [0.1, 0.15) is 50.3 Å². The Morgan fingerprint density at radius 2 is 1.57 bits per heavy atom. The van der Waals surface area contributed by atoms with Crippen molar-refractivity contribution in [1.29, 1.82) is 0 Å². The van der Waals surface area contributed by atoms with E-state index in [4.69, 9.17) is 14.2 Å². The summed E-state index contributed by atoms with van der Waals surface area (Å²) in [5.74, 6) is 0.667. The highest BCUT2D eigenvalue weighted by atomic mass is 16.5. The quantitative estimate of drug-likeness (QED) is 0.325. The molecule has 1 heterocycles. The summed E-state index contributed by atoms with van der Waals surface area (Å²) in [6.07, 6.45) is 5.30. The summed E-state index contributed by atoms with van der Waals surface area (Å²) in [5.41, 5.74) is 3.17. The van der Waals surface area contributed by atoms with Gasteiger partial charge in [0.25, 0.3) is 0 Å². The molecule has 0 bridgehead atoms. The predicted molar refractivity (Wildman–Crippen MR) is 142 cm³/mol. The van der Waals surface area contributed by atoms with Crippen molar-refractivity contribution in [3.05, 3.63) is 83.6 Å². The lowest BCUT2D eigenvalue weighted by molar-refractivity contribution is -0.137. The van der Waals surface area contributed by atoms with Gasteiger partial charge in [0.15, 0.2) is 5.78 Å². The van der Waals surface area contributed by atoms with Crippen LogP contribution < -0.4 is 9.47 Å². The Bertz CT molecular complexity index is 1040. The van der Waals surface area contributed by atoms with Crippen LogP contribution in [0.5, 0.6) is 11.5 Å². The van der Waals surface area contributed by atoms with Gasteiger partial charge in [-0.25, -0.2) is 4.79 Å². The lowest BCUT2D eigenvalue weighted by atomic mass is 9.95. The minimum Gasteiger partial charge on any atom is -0.497 e. The SMILES string of the molecule is CCOC(=O)/C=C/[C@@H](O)[C@@H](C)CC(=O)/C=C1\CCCN1C(c1ccc(OC)cc1)c1ccc(OC)cc1. The number of ketones is 1. The number of methoxy groups -OCH3 is 2. The number of nitrogens with zero attached hydrogens (tertiary/aromatic N) is 1. The van der Waals surface area contributed by atoms with Crippen molar-refractivity contribution in [1.82, 2.24) is 4.90 Å². The van der Waals surface area contributed by atoms with E-state index in [0.29, 0.717) is 0 Å². The van der Waals surface area contributed by atoms with E-state index in [-0.39, 0.29) is 30.8 Å². The Labute approximate surface area is 219 Å². The summed E-state index contributed by atoms with van der Waals surface area (Å²) < 4.78 is 15.5. The van der Waals surface area contributed by atoms with E-state index in [2.05, 4.69) is 29.2 Å². The number of allylic oxidation sites excluding steroid dienone is 2. The van der Waals surface area contributed by atoms with Gasteiger partial charge >= 0.3 is 5.97 Å². The second-order valence-electron chi connectivity index (χ2n) is 9.13. The van der Waals surface area contributed by atoms with Gasteiger partial charge in [-0.1, -0.05) is 31.2 Å². The van der Waals surface area contributed by atoms with Crippen molar-refractivity contribution < 1.29 is 28.9 Å². The lowest BCUT2D eigenvalue weighted by Gasteiger charge is -2.32. The molecule has 1 aliphatic heterocycles. The highest BCUT2D eigenvalue weighted by Crippen LogP contribution is 2.38. The van der Waals surface area contributed by atoms with E-state index in [1.54, 1.807) is 34.1 Å². The van der Waals surface area contributed by atoms with Gasteiger partial charge in [0.1, 0.15) is 11.5 Å². The molecule has 2 atom stereocenters. The molecule has 0 aromatic heterocycles. The van der Waals surface area contributed by atoms with Crippen LogP contribution in [0.25, 0.3) is 0 Å². The maximum atomic E-state index is 13.0. The number of aliphatic hydroxyl groups is 1. The van der Waals surface area contributed by atoms with Gasteiger partial charge < -0.3 is 24.2 Å². The van der Waals surface area contributed by atoms with Crippen LogP contribution in [0.3, 0.4) is 0 Å². The summed E-state index contributed by atoms with van der Waals surface area (Å²) in [4.78, 5) is 26.8. The van der Waals surface area contributed by atoms with Gasteiger partial charge in [-0.2, -0.15) is 0 Å². The molecule has 0 aliphatic carbocycles. The number of hydrogen-bond donors (Lipinski definition) is 1. The number of aliphatic hydroxyl groups excluding tert-OH is 1. The monoisotopic (exact) mass is 507 g/mol.